The van der Waals surface area contributed by atoms with Crippen molar-refractivity contribution < 1.29 is 5.11 Å². The van der Waals surface area contributed by atoms with Gasteiger partial charge in [-0.3, -0.25) is 5.01 Å². The number of hydrogen-bond donors (Lipinski definition) is 2. The fraction of sp³-hybridized carbons (Fsp3) is 0.600. The zero-order valence-corrected chi connectivity index (χ0v) is 8.86. The summed E-state index contributed by atoms with van der Waals surface area (Å²) in [6, 6.07) is 2.06. The highest BCUT2D eigenvalue weighted by molar-refractivity contribution is 5.02. The van der Waals surface area contributed by atoms with E-state index in [2.05, 4.69) is 17.3 Å². The molecule has 4 heteroatoms. The molecule has 2 N–H and O–H groups in total. The molecule has 2 atom stereocenters. The highest BCUT2D eigenvalue weighted by atomic mass is 16.3. The van der Waals surface area contributed by atoms with Gasteiger partial charge in [-0.1, -0.05) is 12.3 Å². The van der Waals surface area contributed by atoms with Gasteiger partial charge < -0.3 is 10.4 Å². The lowest BCUT2D eigenvalue weighted by Crippen LogP contribution is -2.46. The van der Waals surface area contributed by atoms with Crippen molar-refractivity contribution in [2.45, 2.75) is 12.1 Å². The van der Waals surface area contributed by atoms with Crippen molar-refractivity contribution in [3.63, 3.8) is 0 Å². The number of nitrogens with one attached hydrogen (secondary N) is 1. The van der Waals surface area contributed by atoms with E-state index in [-0.39, 0.29) is 6.04 Å². The third-order valence-electron chi connectivity index (χ3n) is 2.03. The van der Waals surface area contributed by atoms with Crippen LogP contribution >= 0.6 is 0 Å². The minimum Gasteiger partial charge on any atom is -0.389 e. The smallest absolute Gasteiger partial charge is 0.0960 e. The van der Waals surface area contributed by atoms with E-state index < -0.39 is 6.10 Å². The van der Waals surface area contributed by atoms with Crippen LogP contribution in [-0.2, 0) is 0 Å². The van der Waals surface area contributed by atoms with E-state index >= 15 is 0 Å². The summed E-state index contributed by atoms with van der Waals surface area (Å²) < 4.78 is 0. The van der Waals surface area contributed by atoms with Gasteiger partial charge in [0.15, 0.2) is 0 Å². The number of aliphatic hydroxyl groups excluding tert-OH is 1. The summed E-state index contributed by atoms with van der Waals surface area (Å²) >= 11 is 0. The number of rotatable bonds is 5. The van der Waals surface area contributed by atoms with Crippen molar-refractivity contribution in [2.75, 3.05) is 27.7 Å². The second kappa shape index (κ2) is 6.28. The van der Waals surface area contributed by atoms with Gasteiger partial charge >= 0.3 is 0 Å². The van der Waals surface area contributed by atoms with E-state index in [1.807, 2.05) is 0 Å². The van der Waals surface area contributed by atoms with Gasteiger partial charge in [0.1, 0.15) is 0 Å². The van der Waals surface area contributed by atoms with Crippen molar-refractivity contribution >= 4 is 0 Å². The van der Waals surface area contributed by atoms with E-state index in [1.54, 1.807) is 31.2 Å². The molecule has 0 aliphatic carbocycles. The number of hydrazine groups is 1. The number of terminal acetylenes is 2. The highest BCUT2D eigenvalue weighted by Gasteiger charge is 2.17. The van der Waals surface area contributed by atoms with Crippen LogP contribution in [0.25, 0.3) is 0 Å². The van der Waals surface area contributed by atoms with Crippen molar-refractivity contribution in [2.24, 2.45) is 0 Å². The average Bonchev–Trinajstić information content (AvgIpc) is 2.18. The third-order valence-corrected chi connectivity index (χ3v) is 2.03. The molecule has 0 aromatic heterocycles. The Labute approximate surface area is 85.9 Å². The predicted molar refractivity (Wildman–Crippen MR) is 56.9 cm³/mol. The van der Waals surface area contributed by atoms with Crippen LogP contribution in [-0.4, -0.2) is 55.0 Å². The molecule has 4 nitrogen and oxygen atoms in total. The molecule has 0 amide bonds. The van der Waals surface area contributed by atoms with Gasteiger partial charge in [0, 0.05) is 26.7 Å². The zero-order chi connectivity index (χ0) is 11.1. The van der Waals surface area contributed by atoms with Crippen LogP contribution in [0.15, 0.2) is 0 Å². The van der Waals surface area contributed by atoms with E-state index in [9.17, 15) is 5.11 Å². The molecule has 0 saturated heterocycles. The molecule has 0 saturated carbocycles. The largest absolute Gasteiger partial charge is 0.389 e. The summed E-state index contributed by atoms with van der Waals surface area (Å²) in [7, 11) is 5.22. The van der Waals surface area contributed by atoms with E-state index in [4.69, 9.17) is 12.8 Å². The molecular weight excluding hydrogens is 178 g/mol. The molecule has 0 fully saturated rings. The average molecular weight is 195 g/mol. The molecule has 0 aliphatic rings. The van der Waals surface area contributed by atoms with Crippen LogP contribution < -0.4 is 5.32 Å². The van der Waals surface area contributed by atoms with Crippen molar-refractivity contribution in [3.8, 4) is 24.8 Å². The molecule has 0 heterocycles. The molecule has 0 radical (unpaired) electrons. The summed E-state index contributed by atoms with van der Waals surface area (Å²) in [6.45, 7) is 0.385. The summed E-state index contributed by atoms with van der Waals surface area (Å²) in [5.74, 6) is 2.46. The van der Waals surface area contributed by atoms with Crippen molar-refractivity contribution in [1.29, 1.82) is 0 Å². The predicted octanol–water partition coefficient (Wildman–Crippen LogP) is -1.06. The lowest BCUT2D eigenvalue weighted by molar-refractivity contribution is 0.0243. The Morgan fingerprint density at radius 2 is 2.00 bits per heavy atom. The summed E-state index contributed by atoms with van der Waals surface area (Å²) in [4.78, 5) is 0. The summed E-state index contributed by atoms with van der Waals surface area (Å²) in [6.07, 6.45) is 9.76. The monoisotopic (exact) mass is 195 g/mol. The Hall–Kier alpha value is -1.20. The molecule has 2 unspecified atom stereocenters. The standard InChI is InChI=1S/C10H17N3O/c1-6-9(11-3)10(14)8-13(5)12(4)7-2/h1-2,9-11,14H,8H2,3-5H3. The molecule has 14 heavy (non-hydrogen) atoms. The fourth-order valence-corrected chi connectivity index (χ4v) is 0.984. The van der Waals surface area contributed by atoms with Gasteiger partial charge in [-0.25, -0.2) is 5.01 Å². The number of aliphatic hydroxyl groups is 1. The van der Waals surface area contributed by atoms with Gasteiger partial charge in [0.2, 0.25) is 0 Å². The van der Waals surface area contributed by atoms with Crippen LogP contribution in [0.5, 0.6) is 0 Å². The van der Waals surface area contributed by atoms with E-state index in [1.165, 1.54) is 0 Å². The van der Waals surface area contributed by atoms with Gasteiger partial charge in [-0.2, -0.15) is 0 Å². The SMILES string of the molecule is C#CC(NC)C(O)CN(C)N(C)C#C. The maximum Gasteiger partial charge on any atom is 0.0960 e. The minimum absolute atomic E-state index is 0.358. The Bertz CT molecular complexity index is 241. The molecule has 0 rings (SSSR count). The molecule has 0 aromatic rings. The first-order valence-electron chi connectivity index (χ1n) is 4.29. The zero-order valence-electron chi connectivity index (χ0n) is 8.86. The quantitative estimate of drug-likeness (QED) is 0.333. The lowest BCUT2D eigenvalue weighted by atomic mass is 10.2. The van der Waals surface area contributed by atoms with E-state index in [0.29, 0.717) is 6.54 Å². The molecule has 0 aromatic carbocycles. The van der Waals surface area contributed by atoms with Gasteiger partial charge in [0.25, 0.3) is 0 Å². The molecule has 78 valence electrons. The summed E-state index contributed by atoms with van der Waals surface area (Å²) in [5, 5.41) is 15.8. The molecule has 0 bridgehead atoms. The van der Waals surface area contributed by atoms with Gasteiger partial charge in [-0.05, 0) is 7.05 Å². The number of hydrogen-bond acceptors (Lipinski definition) is 4. The highest BCUT2D eigenvalue weighted by Crippen LogP contribution is 1.97. The Morgan fingerprint density at radius 1 is 1.43 bits per heavy atom. The topological polar surface area (TPSA) is 38.7 Å². The van der Waals surface area contributed by atoms with E-state index in [0.717, 1.165) is 0 Å². The first-order valence-corrected chi connectivity index (χ1v) is 4.29. The van der Waals surface area contributed by atoms with Crippen LogP contribution in [0, 0.1) is 24.8 Å². The molecule has 0 spiro atoms. The van der Waals surface area contributed by atoms with Gasteiger partial charge in [0.05, 0.1) is 12.1 Å². The Kier molecular flexibility index (Phi) is 5.74. The number of likely N-dealkylation sites (N-methyl/N-ethyl adjacent to an activating group) is 2. The maximum atomic E-state index is 9.68. The van der Waals surface area contributed by atoms with Crippen LogP contribution in [0.4, 0.5) is 0 Å². The second-order valence-corrected chi connectivity index (χ2v) is 2.99. The maximum absolute atomic E-state index is 9.68. The summed E-state index contributed by atoms with van der Waals surface area (Å²) in [5.41, 5.74) is 0. The lowest BCUT2D eigenvalue weighted by Gasteiger charge is -2.28. The second-order valence-electron chi connectivity index (χ2n) is 2.99. The van der Waals surface area contributed by atoms with Crippen LogP contribution in [0.2, 0.25) is 0 Å². The minimum atomic E-state index is -0.647. The Balaban J connectivity index is 4.13. The van der Waals surface area contributed by atoms with Crippen LogP contribution in [0.1, 0.15) is 0 Å². The van der Waals surface area contributed by atoms with Crippen LogP contribution in [0.3, 0.4) is 0 Å². The number of nitrogens with zero attached hydrogens (tertiary/aromatic N) is 2. The van der Waals surface area contributed by atoms with Gasteiger partial charge in [-0.15, -0.1) is 6.42 Å². The van der Waals surface area contributed by atoms with Crippen molar-refractivity contribution in [3.05, 3.63) is 0 Å². The third kappa shape index (κ3) is 3.68. The first kappa shape index (κ1) is 12.8. The Morgan fingerprint density at radius 3 is 2.36 bits per heavy atom. The fourth-order valence-electron chi connectivity index (χ4n) is 0.984. The first-order chi connectivity index (χ1) is 6.56. The molecular formula is C10H17N3O. The van der Waals surface area contributed by atoms with Crippen molar-refractivity contribution in [1.82, 2.24) is 15.3 Å². The molecule has 0 aliphatic heterocycles. The normalized spacial score (nSPS) is 14.2.